The molecule has 1 heterocycles. The van der Waals surface area contributed by atoms with E-state index in [1.807, 2.05) is 14.0 Å². The summed E-state index contributed by atoms with van der Waals surface area (Å²) in [5.41, 5.74) is 0. The van der Waals surface area contributed by atoms with E-state index in [0.717, 1.165) is 38.7 Å². The van der Waals surface area contributed by atoms with Gasteiger partial charge in [-0.2, -0.15) is 0 Å². The Balaban J connectivity index is 2.30. The van der Waals surface area contributed by atoms with Crippen molar-refractivity contribution >= 4 is 15.8 Å². The van der Waals surface area contributed by atoms with Gasteiger partial charge in [0.05, 0.1) is 32.1 Å². The Morgan fingerprint density at radius 1 is 1.45 bits per heavy atom. The van der Waals surface area contributed by atoms with Gasteiger partial charge in [-0.15, -0.1) is 0 Å². The van der Waals surface area contributed by atoms with Crippen LogP contribution in [0.2, 0.25) is 0 Å². The maximum atomic E-state index is 11.0. The summed E-state index contributed by atoms with van der Waals surface area (Å²) in [4.78, 5) is 6.62. The first-order chi connectivity index (χ1) is 10.4. The Labute approximate surface area is 134 Å². The summed E-state index contributed by atoms with van der Waals surface area (Å²) in [6.07, 6.45) is 2.30. The largest absolute Gasteiger partial charge is 0.381 e. The molecule has 1 atom stereocenters. The Morgan fingerprint density at radius 3 is 2.82 bits per heavy atom. The zero-order valence-corrected chi connectivity index (χ0v) is 14.7. The standard InChI is InChI=1S/C14H29N3O4S/c1-4-15-14(17(2)11-13-5-7-21-12-13)16-6-8-20-9-10-22(3,18)19/h13H,4-12H2,1-3H3,(H,15,16). The minimum Gasteiger partial charge on any atom is -0.381 e. The smallest absolute Gasteiger partial charge is 0.193 e. The van der Waals surface area contributed by atoms with Crippen LogP contribution >= 0.6 is 0 Å². The highest BCUT2D eigenvalue weighted by Crippen LogP contribution is 2.13. The quantitative estimate of drug-likeness (QED) is 0.362. The van der Waals surface area contributed by atoms with Crippen molar-refractivity contribution in [1.82, 2.24) is 10.2 Å². The van der Waals surface area contributed by atoms with Crippen LogP contribution in [0.1, 0.15) is 13.3 Å². The third kappa shape index (κ3) is 8.55. The third-order valence-corrected chi connectivity index (χ3v) is 4.26. The predicted octanol–water partition coefficient (Wildman–Crippen LogP) is -0.0186. The summed E-state index contributed by atoms with van der Waals surface area (Å²) >= 11 is 0. The number of guanidine groups is 1. The zero-order valence-electron chi connectivity index (χ0n) is 13.9. The molecule has 1 fully saturated rings. The molecule has 7 nitrogen and oxygen atoms in total. The summed E-state index contributed by atoms with van der Waals surface area (Å²) in [5.74, 6) is 1.46. The van der Waals surface area contributed by atoms with Crippen molar-refractivity contribution in [1.29, 1.82) is 0 Å². The number of nitrogens with zero attached hydrogens (tertiary/aromatic N) is 2. The number of rotatable bonds is 9. The lowest BCUT2D eigenvalue weighted by Gasteiger charge is -2.24. The van der Waals surface area contributed by atoms with Gasteiger partial charge in [-0.3, -0.25) is 4.99 Å². The molecule has 0 bridgehead atoms. The minimum atomic E-state index is -2.96. The molecule has 22 heavy (non-hydrogen) atoms. The van der Waals surface area contributed by atoms with Crippen LogP contribution in [0.25, 0.3) is 0 Å². The van der Waals surface area contributed by atoms with E-state index in [4.69, 9.17) is 9.47 Å². The van der Waals surface area contributed by atoms with Gasteiger partial charge >= 0.3 is 0 Å². The highest BCUT2D eigenvalue weighted by Gasteiger charge is 2.18. The first-order valence-electron chi connectivity index (χ1n) is 7.75. The molecule has 0 aromatic heterocycles. The number of hydrogen-bond donors (Lipinski definition) is 1. The lowest BCUT2D eigenvalue weighted by molar-refractivity contribution is 0.157. The summed E-state index contributed by atoms with van der Waals surface area (Å²) < 4.78 is 32.6. The van der Waals surface area contributed by atoms with Crippen LogP contribution in [0.5, 0.6) is 0 Å². The molecule has 130 valence electrons. The maximum Gasteiger partial charge on any atom is 0.193 e. The Hall–Kier alpha value is -0.860. The molecule has 0 saturated carbocycles. The number of hydrogen-bond acceptors (Lipinski definition) is 5. The SMILES string of the molecule is CCNC(=NCCOCCS(C)(=O)=O)N(C)CC1CCOC1. The number of ether oxygens (including phenoxy) is 2. The Kier molecular flexibility index (Phi) is 8.74. The van der Waals surface area contributed by atoms with Gasteiger partial charge in [0, 0.05) is 38.9 Å². The van der Waals surface area contributed by atoms with Gasteiger partial charge in [-0.25, -0.2) is 8.42 Å². The van der Waals surface area contributed by atoms with Gasteiger partial charge in [0.2, 0.25) is 0 Å². The van der Waals surface area contributed by atoms with E-state index in [-0.39, 0.29) is 12.4 Å². The van der Waals surface area contributed by atoms with E-state index in [1.165, 1.54) is 6.26 Å². The molecule has 1 N–H and O–H groups in total. The van der Waals surface area contributed by atoms with E-state index in [1.54, 1.807) is 0 Å². The molecule has 1 saturated heterocycles. The van der Waals surface area contributed by atoms with Gasteiger partial charge in [0.25, 0.3) is 0 Å². The van der Waals surface area contributed by atoms with E-state index >= 15 is 0 Å². The second kappa shape index (κ2) is 10.0. The topological polar surface area (TPSA) is 80.2 Å². The average molecular weight is 335 g/mol. The predicted molar refractivity (Wildman–Crippen MR) is 88.1 cm³/mol. The molecule has 1 aliphatic heterocycles. The van der Waals surface area contributed by atoms with Crippen LogP contribution in [0.15, 0.2) is 4.99 Å². The van der Waals surface area contributed by atoms with Gasteiger partial charge in [-0.05, 0) is 13.3 Å². The Morgan fingerprint density at radius 2 is 2.23 bits per heavy atom. The number of aliphatic imine (C=N–C) groups is 1. The first kappa shape index (κ1) is 19.2. The monoisotopic (exact) mass is 335 g/mol. The van der Waals surface area contributed by atoms with Crippen LogP contribution in [0, 0.1) is 5.92 Å². The second-order valence-electron chi connectivity index (χ2n) is 5.59. The zero-order chi connectivity index (χ0) is 16.4. The second-order valence-corrected chi connectivity index (χ2v) is 7.85. The molecule has 1 unspecified atom stereocenters. The van der Waals surface area contributed by atoms with Crippen LogP contribution in [0.3, 0.4) is 0 Å². The fourth-order valence-corrected chi connectivity index (χ4v) is 2.62. The lowest BCUT2D eigenvalue weighted by Crippen LogP contribution is -2.41. The molecule has 0 spiro atoms. The molecule has 0 radical (unpaired) electrons. The van der Waals surface area contributed by atoms with Crippen molar-refractivity contribution in [2.24, 2.45) is 10.9 Å². The van der Waals surface area contributed by atoms with Gasteiger partial charge < -0.3 is 19.7 Å². The number of nitrogens with one attached hydrogen (secondary N) is 1. The molecular weight excluding hydrogens is 306 g/mol. The van der Waals surface area contributed by atoms with Crippen molar-refractivity contribution in [2.75, 3.05) is 65.1 Å². The molecule has 0 aliphatic carbocycles. The van der Waals surface area contributed by atoms with E-state index < -0.39 is 9.84 Å². The van der Waals surface area contributed by atoms with Crippen molar-refractivity contribution in [3.05, 3.63) is 0 Å². The summed E-state index contributed by atoms with van der Waals surface area (Å²) in [6, 6.07) is 0. The van der Waals surface area contributed by atoms with Crippen LogP contribution in [-0.2, 0) is 19.3 Å². The van der Waals surface area contributed by atoms with Crippen molar-refractivity contribution in [2.45, 2.75) is 13.3 Å². The Bertz CT molecular complexity index is 433. The molecule has 0 aromatic rings. The minimum absolute atomic E-state index is 0.0539. The average Bonchev–Trinajstić information content (AvgIpc) is 2.93. The lowest BCUT2D eigenvalue weighted by atomic mass is 10.1. The van der Waals surface area contributed by atoms with Gasteiger partial charge in [-0.1, -0.05) is 0 Å². The van der Waals surface area contributed by atoms with Gasteiger partial charge in [0.15, 0.2) is 5.96 Å². The highest BCUT2D eigenvalue weighted by atomic mass is 32.2. The first-order valence-corrected chi connectivity index (χ1v) is 9.81. The third-order valence-electron chi connectivity index (χ3n) is 3.35. The fourth-order valence-electron chi connectivity index (χ4n) is 2.20. The van der Waals surface area contributed by atoms with Crippen LogP contribution < -0.4 is 5.32 Å². The normalized spacial score (nSPS) is 19.4. The van der Waals surface area contributed by atoms with E-state index in [9.17, 15) is 8.42 Å². The summed E-state index contributed by atoms with van der Waals surface area (Å²) in [7, 11) is -0.938. The molecule has 1 aliphatic rings. The molecule has 0 aromatic carbocycles. The van der Waals surface area contributed by atoms with E-state index in [0.29, 0.717) is 19.1 Å². The van der Waals surface area contributed by atoms with Crippen LogP contribution in [-0.4, -0.2) is 84.4 Å². The maximum absolute atomic E-state index is 11.0. The van der Waals surface area contributed by atoms with Gasteiger partial charge in [0.1, 0.15) is 9.84 Å². The van der Waals surface area contributed by atoms with Crippen LogP contribution in [0.4, 0.5) is 0 Å². The van der Waals surface area contributed by atoms with Crippen molar-refractivity contribution < 1.29 is 17.9 Å². The fraction of sp³-hybridized carbons (Fsp3) is 0.929. The van der Waals surface area contributed by atoms with Crippen molar-refractivity contribution in [3.63, 3.8) is 0 Å². The number of sulfone groups is 1. The van der Waals surface area contributed by atoms with E-state index in [2.05, 4.69) is 15.2 Å². The molecule has 8 heteroatoms. The highest BCUT2D eigenvalue weighted by molar-refractivity contribution is 7.90. The molecule has 1 rings (SSSR count). The summed E-state index contributed by atoms with van der Waals surface area (Å²) in [6.45, 7) is 6.58. The summed E-state index contributed by atoms with van der Waals surface area (Å²) in [5, 5.41) is 3.26. The molecule has 0 amide bonds. The molecular formula is C14H29N3O4S. The van der Waals surface area contributed by atoms with Crippen molar-refractivity contribution in [3.8, 4) is 0 Å².